The van der Waals surface area contributed by atoms with Gasteiger partial charge in [-0.25, -0.2) is 0 Å². The zero-order valence-electron chi connectivity index (χ0n) is 35.6. The maximum Gasteiger partial charge on any atom is 0.308 e. The van der Waals surface area contributed by atoms with Crippen molar-refractivity contribution in [2.45, 2.75) is 139 Å². The van der Waals surface area contributed by atoms with Crippen LogP contribution in [-0.4, -0.2) is 70.7 Å². The van der Waals surface area contributed by atoms with Crippen LogP contribution in [0.4, 0.5) is 0 Å². The van der Waals surface area contributed by atoms with Gasteiger partial charge in [0.2, 0.25) is 5.91 Å². The summed E-state index contributed by atoms with van der Waals surface area (Å²) in [6.07, 6.45) is 15.3. The van der Waals surface area contributed by atoms with E-state index in [0.29, 0.717) is 36.6 Å². The molecule has 3 fully saturated rings. The van der Waals surface area contributed by atoms with E-state index < -0.39 is 0 Å². The number of hydrogen-bond donors (Lipinski definition) is 1. The largest absolute Gasteiger partial charge is 0.483 e. The Labute approximate surface area is 357 Å². The second-order valence-electron chi connectivity index (χ2n) is 18.7. The number of esters is 1. The lowest BCUT2D eigenvalue weighted by Gasteiger charge is -2.60. The number of piperidine rings is 1. The molecule has 5 aliphatic rings. The molecular weight excluding hydrogens is 745 g/mol. The van der Waals surface area contributed by atoms with Crippen molar-refractivity contribution in [3.05, 3.63) is 131 Å². The van der Waals surface area contributed by atoms with Gasteiger partial charge >= 0.3 is 5.97 Å². The van der Waals surface area contributed by atoms with Gasteiger partial charge in [-0.1, -0.05) is 136 Å². The van der Waals surface area contributed by atoms with E-state index in [4.69, 9.17) is 9.47 Å². The fraction of sp³-hybridized carbons (Fsp3) is 0.509. The molecule has 4 aromatic carbocycles. The van der Waals surface area contributed by atoms with Crippen LogP contribution in [0.1, 0.15) is 124 Å². The lowest BCUT2D eigenvalue weighted by molar-refractivity contribution is -0.143. The number of aryl methyl sites for hydroxylation is 1. The average molecular weight is 809 g/mol. The van der Waals surface area contributed by atoms with E-state index >= 15 is 4.79 Å². The van der Waals surface area contributed by atoms with Crippen molar-refractivity contribution in [1.82, 2.24) is 9.80 Å². The van der Waals surface area contributed by atoms with Gasteiger partial charge in [0.05, 0.1) is 12.1 Å². The summed E-state index contributed by atoms with van der Waals surface area (Å²) < 4.78 is 13.2. The molecule has 316 valence electrons. The minimum atomic E-state index is -0.352. The van der Waals surface area contributed by atoms with E-state index in [0.717, 1.165) is 76.6 Å². The molecule has 2 saturated carbocycles. The standard InChI is InChI=1S/C53H64N2O5/c1-37(56)59-48-30-27-41-33-46-44-28-29-45(52-53(44,50(41)51(48)60-52)31-32-54(46)35-42-34-47(42)57)55(36-43(39-22-14-9-15-23-39)40-24-16-10-17-25-40)49(58)26-18-7-5-3-2-4-6-11-19-38-20-12-8-13-21-38/h8-10,12-17,20-25,27,30,42-47,52,57H,2-7,11,18-19,26,28-29,31-36H2,1H3/t42?,44-,45-,46+,47?,52-,53-/m0/s1. The van der Waals surface area contributed by atoms with Crippen LogP contribution in [-0.2, 0) is 27.8 Å². The van der Waals surface area contributed by atoms with Gasteiger partial charge in [0.25, 0.3) is 0 Å². The Kier molecular flexibility index (Phi) is 12.5. The number of aliphatic hydroxyl groups is 1. The van der Waals surface area contributed by atoms with Gasteiger partial charge < -0.3 is 19.5 Å². The smallest absolute Gasteiger partial charge is 0.308 e. The first-order valence-corrected chi connectivity index (χ1v) is 23.3. The minimum Gasteiger partial charge on any atom is -0.483 e. The first-order valence-electron chi connectivity index (χ1n) is 23.3. The van der Waals surface area contributed by atoms with E-state index in [1.807, 2.05) is 6.07 Å². The normalized spacial score (nSPS) is 26.0. The second kappa shape index (κ2) is 18.3. The Morgan fingerprint density at radius 2 is 1.47 bits per heavy atom. The third kappa shape index (κ3) is 8.41. The van der Waals surface area contributed by atoms with Gasteiger partial charge in [-0.15, -0.1) is 0 Å². The Hall–Kier alpha value is -4.46. The summed E-state index contributed by atoms with van der Waals surface area (Å²) in [5.74, 6) is 1.83. The number of ether oxygens (including phenoxy) is 2. The topological polar surface area (TPSA) is 79.3 Å². The number of carbonyl (C=O) groups excluding carboxylic acids is 2. The van der Waals surface area contributed by atoms with Crippen LogP contribution in [0.2, 0.25) is 0 Å². The van der Waals surface area contributed by atoms with Crippen molar-refractivity contribution in [2.75, 3.05) is 19.6 Å². The number of nitrogens with zero attached hydrogens (tertiary/aromatic N) is 2. The van der Waals surface area contributed by atoms with E-state index in [-0.39, 0.29) is 41.5 Å². The SMILES string of the molecule is CC(=O)Oc1ccc2c3c1O[C@H]1[C@@H](N(CC(c4ccccc4)c4ccccc4)C(=O)CCCCCCCCCCc4ccccc4)CC[C@H]4[C@@H](C2)N(CC2CC2O)CC[C@@]341. The third-order valence-corrected chi connectivity index (χ3v) is 14.9. The Balaban J connectivity index is 0.958. The molecule has 4 aromatic rings. The molecule has 7 nitrogen and oxygen atoms in total. The second-order valence-corrected chi connectivity index (χ2v) is 18.7. The lowest BCUT2D eigenvalue weighted by atomic mass is 9.51. The average Bonchev–Trinajstić information content (AvgIpc) is 3.85. The van der Waals surface area contributed by atoms with Crippen molar-refractivity contribution in [3.63, 3.8) is 0 Å². The molecular formula is C53H64N2O5. The van der Waals surface area contributed by atoms with Crippen LogP contribution in [0.3, 0.4) is 0 Å². The zero-order valence-corrected chi connectivity index (χ0v) is 35.6. The van der Waals surface area contributed by atoms with Gasteiger partial charge in [-0.05, 0) is 92.1 Å². The third-order valence-electron chi connectivity index (χ3n) is 14.9. The number of hydrogen-bond acceptors (Lipinski definition) is 6. The van der Waals surface area contributed by atoms with Gasteiger partial charge in [-0.2, -0.15) is 0 Å². The highest BCUT2D eigenvalue weighted by Crippen LogP contribution is 2.64. The summed E-state index contributed by atoms with van der Waals surface area (Å²) in [6, 6.07) is 36.5. The molecule has 0 aromatic heterocycles. The summed E-state index contributed by atoms with van der Waals surface area (Å²) in [4.78, 5) is 32.4. The number of unbranched alkanes of at least 4 members (excludes halogenated alkanes) is 7. The fourth-order valence-electron chi connectivity index (χ4n) is 11.9. The maximum atomic E-state index is 15.1. The molecule has 2 unspecified atom stereocenters. The molecule has 7 atom stereocenters. The highest BCUT2D eigenvalue weighted by Gasteiger charge is 2.67. The first kappa shape index (κ1) is 40.9. The highest BCUT2D eigenvalue weighted by molar-refractivity contribution is 5.77. The van der Waals surface area contributed by atoms with Crippen LogP contribution in [0.15, 0.2) is 103 Å². The molecule has 1 spiro atoms. The van der Waals surface area contributed by atoms with Gasteiger partial charge in [0.1, 0.15) is 6.10 Å². The summed E-state index contributed by atoms with van der Waals surface area (Å²) in [7, 11) is 0. The molecule has 1 N–H and O–H groups in total. The lowest BCUT2D eigenvalue weighted by Crippen LogP contribution is -2.69. The predicted octanol–water partition coefficient (Wildman–Crippen LogP) is 9.81. The van der Waals surface area contributed by atoms with E-state index in [1.165, 1.54) is 66.8 Å². The zero-order chi connectivity index (χ0) is 41.1. The first-order chi connectivity index (χ1) is 29.4. The predicted molar refractivity (Wildman–Crippen MR) is 236 cm³/mol. The Morgan fingerprint density at radius 1 is 0.833 bits per heavy atom. The fourth-order valence-corrected chi connectivity index (χ4v) is 11.9. The van der Waals surface area contributed by atoms with Gasteiger partial charge in [-0.3, -0.25) is 14.5 Å². The van der Waals surface area contributed by atoms with E-state index in [9.17, 15) is 9.90 Å². The van der Waals surface area contributed by atoms with Crippen LogP contribution >= 0.6 is 0 Å². The number of benzene rings is 4. The molecule has 3 aliphatic carbocycles. The van der Waals surface area contributed by atoms with Crippen LogP contribution in [0, 0.1) is 11.8 Å². The molecule has 1 saturated heterocycles. The molecule has 1 amide bonds. The van der Waals surface area contributed by atoms with Crippen molar-refractivity contribution in [3.8, 4) is 11.5 Å². The molecule has 2 heterocycles. The van der Waals surface area contributed by atoms with Crippen LogP contribution < -0.4 is 9.47 Å². The number of amides is 1. The van der Waals surface area contributed by atoms with Crippen LogP contribution in [0.25, 0.3) is 0 Å². The summed E-state index contributed by atoms with van der Waals surface area (Å²) in [6.45, 7) is 3.91. The quantitative estimate of drug-likeness (QED) is 0.0578. The molecule has 60 heavy (non-hydrogen) atoms. The van der Waals surface area contributed by atoms with Gasteiger partial charge in [0.15, 0.2) is 11.5 Å². The van der Waals surface area contributed by atoms with E-state index in [2.05, 4.69) is 107 Å². The van der Waals surface area contributed by atoms with E-state index in [1.54, 1.807) is 0 Å². The van der Waals surface area contributed by atoms with Crippen molar-refractivity contribution < 1.29 is 24.2 Å². The molecule has 7 heteroatoms. The number of carbonyl (C=O) groups is 2. The summed E-state index contributed by atoms with van der Waals surface area (Å²) in [5, 5.41) is 10.4. The molecule has 2 aliphatic heterocycles. The van der Waals surface area contributed by atoms with Crippen molar-refractivity contribution in [2.24, 2.45) is 11.8 Å². The van der Waals surface area contributed by atoms with Crippen molar-refractivity contribution >= 4 is 11.9 Å². The summed E-state index contributed by atoms with van der Waals surface area (Å²) >= 11 is 0. The van der Waals surface area contributed by atoms with Crippen LogP contribution in [0.5, 0.6) is 11.5 Å². The number of rotatable bonds is 19. The molecule has 0 radical (unpaired) electrons. The monoisotopic (exact) mass is 808 g/mol. The molecule has 9 rings (SSSR count). The number of likely N-dealkylation sites (tertiary alicyclic amines) is 1. The molecule has 2 bridgehead atoms. The minimum absolute atomic E-state index is 0.00957. The Morgan fingerprint density at radius 3 is 2.12 bits per heavy atom. The maximum absolute atomic E-state index is 15.1. The Bertz CT molecular complexity index is 2040. The van der Waals surface area contributed by atoms with Crippen molar-refractivity contribution in [1.29, 1.82) is 0 Å². The van der Waals surface area contributed by atoms with Gasteiger partial charge in [0, 0.05) is 55.3 Å². The number of aliphatic hydroxyl groups excluding tert-OH is 1. The highest BCUT2D eigenvalue weighted by atomic mass is 16.6. The summed E-state index contributed by atoms with van der Waals surface area (Å²) in [5.41, 5.74) is 6.09.